The summed E-state index contributed by atoms with van der Waals surface area (Å²) in [7, 11) is 0. The SMILES string of the molecule is Cc1ccc(C(=O)Nc2ccc(F)cc2N)cc1. The zero-order chi connectivity index (χ0) is 13.1. The van der Waals surface area contributed by atoms with Crippen LogP contribution in [0, 0.1) is 12.7 Å². The number of hydrogen-bond donors (Lipinski definition) is 2. The first-order valence-corrected chi connectivity index (χ1v) is 5.49. The predicted octanol–water partition coefficient (Wildman–Crippen LogP) is 2.97. The zero-order valence-electron chi connectivity index (χ0n) is 9.91. The smallest absolute Gasteiger partial charge is 0.255 e. The van der Waals surface area contributed by atoms with Gasteiger partial charge in [-0.25, -0.2) is 4.39 Å². The van der Waals surface area contributed by atoms with Crippen molar-refractivity contribution in [3.05, 3.63) is 59.4 Å². The maximum absolute atomic E-state index is 12.9. The Hall–Kier alpha value is -2.36. The van der Waals surface area contributed by atoms with Crippen molar-refractivity contribution in [1.29, 1.82) is 0 Å². The lowest BCUT2D eigenvalue weighted by molar-refractivity contribution is 0.102. The third-order valence-corrected chi connectivity index (χ3v) is 2.58. The maximum atomic E-state index is 12.9. The Morgan fingerprint density at radius 2 is 1.83 bits per heavy atom. The summed E-state index contributed by atoms with van der Waals surface area (Å²) in [6.07, 6.45) is 0. The topological polar surface area (TPSA) is 55.1 Å². The first-order valence-electron chi connectivity index (χ1n) is 5.49. The standard InChI is InChI=1S/C14H13FN2O/c1-9-2-4-10(5-3-9)14(18)17-13-7-6-11(15)8-12(13)16/h2-8H,16H2,1H3,(H,17,18). The number of nitrogens with one attached hydrogen (secondary N) is 1. The monoisotopic (exact) mass is 244 g/mol. The molecule has 0 heterocycles. The lowest BCUT2D eigenvalue weighted by Gasteiger charge is -2.08. The molecule has 1 amide bonds. The molecule has 0 radical (unpaired) electrons. The van der Waals surface area contributed by atoms with E-state index in [9.17, 15) is 9.18 Å². The van der Waals surface area contributed by atoms with Gasteiger partial charge in [-0.1, -0.05) is 17.7 Å². The van der Waals surface area contributed by atoms with E-state index in [2.05, 4.69) is 5.32 Å². The lowest BCUT2D eigenvalue weighted by atomic mass is 10.1. The van der Waals surface area contributed by atoms with E-state index in [0.29, 0.717) is 11.3 Å². The summed E-state index contributed by atoms with van der Waals surface area (Å²) in [6.45, 7) is 1.94. The minimum absolute atomic E-state index is 0.204. The molecule has 0 spiro atoms. The first kappa shape index (κ1) is 12.1. The second-order valence-corrected chi connectivity index (χ2v) is 4.05. The van der Waals surface area contributed by atoms with Crippen LogP contribution in [0.4, 0.5) is 15.8 Å². The van der Waals surface area contributed by atoms with Crippen molar-refractivity contribution >= 4 is 17.3 Å². The van der Waals surface area contributed by atoms with E-state index in [1.54, 1.807) is 12.1 Å². The third-order valence-electron chi connectivity index (χ3n) is 2.58. The highest BCUT2D eigenvalue weighted by Gasteiger charge is 2.08. The van der Waals surface area contributed by atoms with Gasteiger partial charge in [0.2, 0.25) is 0 Å². The number of rotatable bonds is 2. The van der Waals surface area contributed by atoms with Crippen molar-refractivity contribution in [1.82, 2.24) is 0 Å². The maximum Gasteiger partial charge on any atom is 0.255 e. The molecule has 18 heavy (non-hydrogen) atoms. The van der Waals surface area contributed by atoms with Gasteiger partial charge in [0.1, 0.15) is 5.82 Å². The van der Waals surface area contributed by atoms with Crippen LogP contribution in [0.15, 0.2) is 42.5 Å². The Balaban J connectivity index is 2.18. The molecule has 0 aliphatic rings. The summed E-state index contributed by atoms with van der Waals surface area (Å²) < 4.78 is 12.9. The van der Waals surface area contributed by atoms with Gasteiger partial charge in [0.25, 0.3) is 5.91 Å². The van der Waals surface area contributed by atoms with Crippen LogP contribution >= 0.6 is 0 Å². The second-order valence-electron chi connectivity index (χ2n) is 4.05. The van der Waals surface area contributed by atoms with Gasteiger partial charge in [0, 0.05) is 5.56 Å². The number of carbonyl (C=O) groups excluding carboxylic acids is 1. The van der Waals surface area contributed by atoms with Crippen LogP contribution in [-0.2, 0) is 0 Å². The lowest BCUT2D eigenvalue weighted by Crippen LogP contribution is -2.13. The number of nitrogens with two attached hydrogens (primary N) is 1. The summed E-state index contributed by atoms with van der Waals surface area (Å²) in [5, 5.41) is 2.64. The molecule has 2 aromatic rings. The van der Waals surface area contributed by atoms with Crippen LogP contribution in [0.25, 0.3) is 0 Å². The summed E-state index contributed by atoms with van der Waals surface area (Å²) in [5.74, 6) is -0.700. The van der Waals surface area contributed by atoms with Gasteiger partial charge in [-0.3, -0.25) is 4.79 Å². The van der Waals surface area contributed by atoms with Crippen LogP contribution in [0.5, 0.6) is 0 Å². The highest BCUT2D eigenvalue weighted by molar-refractivity contribution is 6.05. The van der Waals surface area contributed by atoms with Crippen molar-refractivity contribution in [2.24, 2.45) is 0 Å². The van der Waals surface area contributed by atoms with Crippen molar-refractivity contribution in [3.63, 3.8) is 0 Å². The molecule has 92 valence electrons. The van der Waals surface area contributed by atoms with E-state index >= 15 is 0 Å². The zero-order valence-corrected chi connectivity index (χ0v) is 9.91. The highest BCUT2D eigenvalue weighted by Crippen LogP contribution is 2.19. The molecule has 0 aliphatic heterocycles. The van der Waals surface area contributed by atoms with Crippen LogP contribution in [0.1, 0.15) is 15.9 Å². The van der Waals surface area contributed by atoms with Crippen molar-refractivity contribution in [3.8, 4) is 0 Å². The molecule has 0 saturated carbocycles. The number of hydrogen-bond acceptors (Lipinski definition) is 2. The fraction of sp³-hybridized carbons (Fsp3) is 0.0714. The molecule has 0 bridgehead atoms. The predicted molar refractivity (Wildman–Crippen MR) is 69.9 cm³/mol. The van der Waals surface area contributed by atoms with Crippen LogP contribution in [-0.4, -0.2) is 5.91 Å². The van der Waals surface area contributed by atoms with E-state index < -0.39 is 5.82 Å². The minimum atomic E-state index is -0.430. The number of nitrogen functional groups attached to an aromatic ring is 1. The summed E-state index contributed by atoms with van der Waals surface area (Å²) in [4.78, 5) is 11.9. The molecule has 3 N–H and O–H groups in total. The summed E-state index contributed by atoms with van der Waals surface area (Å²) in [6, 6.07) is 11.0. The minimum Gasteiger partial charge on any atom is -0.397 e. The molecule has 0 aliphatic carbocycles. The molecule has 0 atom stereocenters. The van der Waals surface area contributed by atoms with Gasteiger partial charge in [-0.2, -0.15) is 0 Å². The van der Waals surface area contributed by atoms with Gasteiger partial charge in [0.05, 0.1) is 11.4 Å². The molecule has 3 nitrogen and oxygen atoms in total. The largest absolute Gasteiger partial charge is 0.397 e. The molecule has 2 rings (SSSR count). The average Bonchev–Trinajstić information content (AvgIpc) is 2.33. The molecular weight excluding hydrogens is 231 g/mol. The van der Waals surface area contributed by atoms with Gasteiger partial charge < -0.3 is 11.1 Å². The Morgan fingerprint density at radius 1 is 1.17 bits per heavy atom. The number of anilines is 2. The van der Waals surface area contributed by atoms with E-state index in [1.807, 2.05) is 19.1 Å². The third kappa shape index (κ3) is 2.66. The molecule has 0 fully saturated rings. The fourth-order valence-electron chi connectivity index (χ4n) is 1.55. The molecule has 2 aromatic carbocycles. The molecule has 0 saturated heterocycles. The average molecular weight is 244 g/mol. The highest BCUT2D eigenvalue weighted by atomic mass is 19.1. The Labute approximate surface area is 104 Å². The van der Waals surface area contributed by atoms with E-state index in [1.165, 1.54) is 18.2 Å². The van der Waals surface area contributed by atoms with E-state index in [0.717, 1.165) is 5.56 Å². The van der Waals surface area contributed by atoms with Crippen LogP contribution < -0.4 is 11.1 Å². The number of aryl methyl sites for hydroxylation is 1. The Morgan fingerprint density at radius 3 is 2.44 bits per heavy atom. The number of halogens is 1. The summed E-state index contributed by atoms with van der Waals surface area (Å²) in [5.41, 5.74) is 7.83. The van der Waals surface area contributed by atoms with Gasteiger partial charge >= 0.3 is 0 Å². The van der Waals surface area contributed by atoms with E-state index in [-0.39, 0.29) is 11.6 Å². The molecular formula is C14H13FN2O. The van der Waals surface area contributed by atoms with Gasteiger partial charge in [-0.15, -0.1) is 0 Å². The number of amides is 1. The quantitative estimate of drug-likeness (QED) is 0.798. The van der Waals surface area contributed by atoms with Crippen LogP contribution in [0.3, 0.4) is 0 Å². The molecule has 4 heteroatoms. The number of benzene rings is 2. The van der Waals surface area contributed by atoms with Crippen LogP contribution in [0.2, 0.25) is 0 Å². The van der Waals surface area contributed by atoms with Crippen molar-refractivity contribution < 1.29 is 9.18 Å². The van der Waals surface area contributed by atoms with E-state index in [4.69, 9.17) is 5.73 Å². The Kier molecular flexibility index (Phi) is 3.28. The second kappa shape index (κ2) is 4.87. The summed E-state index contributed by atoms with van der Waals surface area (Å²) >= 11 is 0. The van der Waals surface area contributed by atoms with Crippen molar-refractivity contribution in [2.45, 2.75) is 6.92 Å². The Bertz CT molecular complexity index is 579. The normalized spacial score (nSPS) is 10.1. The first-order chi connectivity index (χ1) is 8.56. The van der Waals surface area contributed by atoms with Gasteiger partial charge in [-0.05, 0) is 37.3 Å². The number of carbonyl (C=O) groups is 1. The molecule has 0 unspecified atom stereocenters. The molecule has 0 aromatic heterocycles. The fourth-order valence-corrected chi connectivity index (χ4v) is 1.55. The van der Waals surface area contributed by atoms with Gasteiger partial charge in [0.15, 0.2) is 0 Å². The van der Waals surface area contributed by atoms with Crippen molar-refractivity contribution in [2.75, 3.05) is 11.1 Å².